The van der Waals surface area contributed by atoms with Crippen LogP contribution in [0.4, 0.5) is 4.39 Å². The summed E-state index contributed by atoms with van der Waals surface area (Å²) >= 11 is 0. The van der Waals surface area contributed by atoms with Crippen LogP contribution in [0.2, 0.25) is 0 Å². The van der Waals surface area contributed by atoms with Crippen LogP contribution in [-0.2, 0) is 10.0 Å². The monoisotopic (exact) mass is 217 g/mol. The highest BCUT2D eigenvalue weighted by Crippen LogP contribution is 2.13. The zero-order valence-electron chi connectivity index (χ0n) is 8.04. The van der Waals surface area contributed by atoms with Crippen molar-refractivity contribution < 1.29 is 12.8 Å². The largest absolute Gasteiger partial charge is 0.240 e. The van der Waals surface area contributed by atoms with Gasteiger partial charge in [0, 0.05) is 6.54 Å². The minimum Gasteiger partial charge on any atom is -0.211 e. The molecule has 3 nitrogen and oxygen atoms in total. The van der Waals surface area contributed by atoms with Crippen molar-refractivity contribution in [1.29, 1.82) is 0 Å². The minimum atomic E-state index is -3.47. The topological polar surface area (TPSA) is 46.2 Å². The quantitative estimate of drug-likeness (QED) is 0.832. The van der Waals surface area contributed by atoms with Crippen LogP contribution in [0.1, 0.15) is 12.5 Å². The van der Waals surface area contributed by atoms with E-state index in [1.165, 1.54) is 19.1 Å². The van der Waals surface area contributed by atoms with Crippen molar-refractivity contribution in [2.75, 3.05) is 6.54 Å². The number of halogens is 1. The zero-order valence-corrected chi connectivity index (χ0v) is 8.86. The molecule has 0 aliphatic heterocycles. The molecule has 1 N–H and O–H groups in total. The molecule has 0 spiro atoms. The zero-order chi connectivity index (χ0) is 10.8. The number of sulfonamides is 1. The van der Waals surface area contributed by atoms with E-state index in [0.717, 1.165) is 6.07 Å². The molecular weight excluding hydrogens is 205 g/mol. The van der Waals surface area contributed by atoms with E-state index in [1.54, 1.807) is 6.92 Å². The first-order chi connectivity index (χ1) is 6.47. The molecule has 14 heavy (non-hydrogen) atoms. The minimum absolute atomic E-state index is 0.0956. The van der Waals surface area contributed by atoms with Gasteiger partial charge in [-0.05, 0) is 30.7 Å². The standard InChI is InChI=1S/C9H12FNO2S/c1-3-11-14(12,13)8-4-5-9(10)7(2)6-8/h4-6,11H,3H2,1-2H3. The highest BCUT2D eigenvalue weighted by molar-refractivity contribution is 7.89. The van der Waals surface area contributed by atoms with Crippen LogP contribution < -0.4 is 4.72 Å². The van der Waals surface area contributed by atoms with Crippen molar-refractivity contribution in [2.24, 2.45) is 0 Å². The third-order valence-corrected chi connectivity index (χ3v) is 3.32. The van der Waals surface area contributed by atoms with Gasteiger partial charge in [-0.3, -0.25) is 0 Å². The van der Waals surface area contributed by atoms with Crippen LogP contribution in [0.25, 0.3) is 0 Å². The number of rotatable bonds is 3. The Hall–Kier alpha value is -0.940. The van der Waals surface area contributed by atoms with E-state index in [0.29, 0.717) is 12.1 Å². The SMILES string of the molecule is CCNS(=O)(=O)c1ccc(F)c(C)c1. The Morgan fingerprint density at radius 1 is 1.43 bits per heavy atom. The van der Waals surface area contributed by atoms with Gasteiger partial charge in [-0.1, -0.05) is 6.92 Å². The van der Waals surface area contributed by atoms with Gasteiger partial charge in [0.15, 0.2) is 0 Å². The van der Waals surface area contributed by atoms with Gasteiger partial charge in [-0.2, -0.15) is 0 Å². The highest BCUT2D eigenvalue weighted by atomic mass is 32.2. The fourth-order valence-electron chi connectivity index (χ4n) is 1.06. The van der Waals surface area contributed by atoms with Crippen LogP contribution in [0, 0.1) is 12.7 Å². The van der Waals surface area contributed by atoms with E-state index in [9.17, 15) is 12.8 Å². The molecule has 78 valence electrons. The van der Waals surface area contributed by atoms with Gasteiger partial charge >= 0.3 is 0 Å². The van der Waals surface area contributed by atoms with E-state index in [-0.39, 0.29) is 4.90 Å². The fraction of sp³-hybridized carbons (Fsp3) is 0.333. The second kappa shape index (κ2) is 4.06. The molecule has 0 aliphatic carbocycles. The predicted octanol–water partition coefficient (Wildman–Crippen LogP) is 1.43. The van der Waals surface area contributed by atoms with Gasteiger partial charge in [-0.15, -0.1) is 0 Å². The molecule has 0 saturated carbocycles. The van der Waals surface area contributed by atoms with Crippen molar-refractivity contribution in [3.05, 3.63) is 29.6 Å². The first-order valence-corrected chi connectivity index (χ1v) is 5.71. The molecule has 1 aromatic carbocycles. The summed E-state index contributed by atoms with van der Waals surface area (Å²) in [5.41, 5.74) is 0.323. The van der Waals surface area contributed by atoms with Gasteiger partial charge in [-0.25, -0.2) is 17.5 Å². The van der Waals surface area contributed by atoms with E-state index in [4.69, 9.17) is 0 Å². The van der Waals surface area contributed by atoms with E-state index < -0.39 is 15.8 Å². The van der Waals surface area contributed by atoms with Crippen LogP contribution in [-0.4, -0.2) is 15.0 Å². The normalized spacial score (nSPS) is 11.6. The second-order valence-electron chi connectivity index (χ2n) is 2.91. The molecular formula is C9H12FNO2S. The summed E-state index contributed by atoms with van der Waals surface area (Å²) in [4.78, 5) is 0.0956. The van der Waals surface area contributed by atoms with Crippen molar-refractivity contribution in [3.8, 4) is 0 Å². The number of hydrogen-bond acceptors (Lipinski definition) is 2. The van der Waals surface area contributed by atoms with Crippen molar-refractivity contribution in [2.45, 2.75) is 18.7 Å². The highest BCUT2D eigenvalue weighted by Gasteiger charge is 2.13. The Kier molecular flexibility index (Phi) is 3.23. The molecule has 0 saturated heterocycles. The van der Waals surface area contributed by atoms with Crippen molar-refractivity contribution in [1.82, 2.24) is 4.72 Å². The fourth-order valence-corrected chi connectivity index (χ4v) is 2.18. The maximum atomic E-state index is 12.9. The molecule has 5 heteroatoms. The molecule has 0 heterocycles. The summed E-state index contributed by atoms with van der Waals surface area (Å²) in [7, 11) is -3.47. The van der Waals surface area contributed by atoms with Crippen LogP contribution in [0.3, 0.4) is 0 Å². The maximum absolute atomic E-state index is 12.9. The van der Waals surface area contributed by atoms with Crippen LogP contribution in [0.5, 0.6) is 0 Å². The first-order valence-electron chi connectivity index (χ1n) is 4.23. The Labute approximate surface area is 83.0 Å². The Morgan fingerprint density at radius 2 is 2.07 bits per heavy atom. The van der Waals surface area contributed by atoms with E-state index >= 15 is 0 Å². The molecule has 0 fully saturated rings. The maximum Gasteiger partial charge on any atom is 0.240 e. The van der Waals surface area contributed by atoms with Gasteiger partial charge < -0.3 is 0 Å². The lowest BCUT2D eigenvalue weighted by Crippen LogP contribution is -2.23. The van der Waals surface area contributed by atoms with E-state index in [1.807, 2.05) is 0 Å². The smallest absolute Gasteiger partial charge is 0.211 e. The summed E-state index contributed by atoms with van der Waals surface area (Å²) < 4.78 is 38.1. The molecule has 0 aliphatic rings. The number of hydrogen-bond donors (Lipinski definition) is 1. The number of benzene rings is 1. The average Bonchev–Trinajstić information content (AvgIpc) is 2.09. The summed E-state index contributed by atoms with van der Waals surface area (Å²) in [5.74, 6) is -0.402. The lowest BCUT2D eigenvalue weighted by atomic mass is 10.2. The lowest BCUT2D eigenvalue weighted by molar-refractivity contribution is 0.582. The van der Waals surface area contributed by atoms with Crippen molar-refractivity contribution >= 4 is 10.0 Å². The molecule has 0 amide bonds. The average molecular weight is 217 g/mol. The van der Waals surface area contributed by atoms with Crippen LogP contribution in [0.15, 0.2) is 23.1 Å². The summed E-state index contributed by atoms with van der Waals surface area (Å²) in [5, 5.41) is 0. The van der Waals surface area contributed by atoms with Crippen LogP contribution >= 0.6 is 0 Å². The molecule has 0 radical (unpaired) electrons. The third kappa shape index (κ3) is 2.30. The molecule has 0 aromatic heterocycles. The Morgan fingerprint density at radius 3 is 2.57 bits per heavy atom. The number of nitrogens with one attached hydrogen (secondary N) is 1. The van der Waals surface area contributed by atoms with Gasteiger partial charge in [0.05, 0.1) is 4.90 Å². The Balaban J connectivity index is 3.15. The van der Waals surface area contributed by atoms with E-state index in [2.05, 4.69) is 4.72 Å². The summed E-state index contributed by atoms with van der Waals surface area (Å²) in [6.07, 6.45) is 0. The third-order valence-electron chi connectivity index (χ3n) is 1.77. The number of aryl methyl sites for hydroxylation is 1. The van der Waals surface area contributed by atoms with Gasteiger partial charge in [0.25, 0.3) is 0 Å². The van der Waals surface area contributed by atoms with Gasteiger partial charge in [0.2, 0.25) is 10.0 Å². The molecule has 1 rings (SSSR count). The molecule has 0 unspecified atom stereocenters. The molecule has 0 atom stereocenters. The second-order valence-corrected chi connectivity index (χ2v) is 4.68. The predicted molar refractivity (Wildman–Crippen MR) is 52.0 cm³/mol. The lowest BCUT2D eigenvalue weighted by Gasteiger charge is -2.05. The summed E-state index contributed by atoms with van der Waals surface area (Å²) in [6.45, 7) is 3.53. The molecule has 1 aromatic rings. The molecule has 0 bridgehead atoms. The van der Waals surface area contributed by atoms with Crippen molar-refractivity contribution in [3.63, 3.8) is 0 Å². The van der Waals surface area contributed by atoms with Gasteiger partial charge in [0.1, 0.15) is 5.82 Å². The summed E-state index contributed by atoms with van der Waals surface area (Å²) in [6, 6.07) is 3.72. The first kappa shape index (κ1) is 11.1. The Bertz CT molecular complexity index is 428.